The summed E-state index contributed by atoms with van der Waals surface area (Å²) in [5.74, 6) is 0.930. The summed E-state index contributed by atoms with van der Waals surface area (Å²) >= 11 is 0. The molecule has 11 rings (SSSR count). The van der Waals surface area contributed by atoms with Crippen molar-refractivity contribution in [1.82, 2.24) is 29.9 Å². The number of fused-ring (bicyclic) bond motifs is 2. The van der Waals surface area contributed by atoms with Gasteiger partial charge in [0.1, 0.15) is 28.9 Å². The van der Waals surface area contributed by atoms with E-state index in [4.69, 9.17) is 24.3 Å². The first-order chi connectivity index (χ1) is 31.6. The molecule has 2 aromatic carbocycles. The van der Waals surface area contributed by atoms with E-state index in [0.29, 0.717) is 41.9 Å². The summed E-state index contributed by atoms with van der Waals surface area (Å²) in [6.45, 7) is 8.97. The maximum Gasteiger partial charge on any atom is 0.255 e. The van der Waals surface area contributed by atoms with E-state index in [1.165, 1.54) is 4.90 Å². The molecule has 4 saturated heterocycles. The normalized spacial score (nSPS) is 26.4. The number of halogens is 1. The molecule has 2 atom stereocenters. The first kappa shape index (κ1) is 42.5. The number of carbonyl (C=O) groups is 3. The topological polar surface area (TPSA) is 135 Å². The summed E-state index contributed by atoms with van der Waals surface area (Å²) in [5, 5.41) is 8.60. The number of nitrogens with zero attached hydrogens (tertiary/aromatic N) is 7. The third kappa shape index (κ3) is 8.71. The van der Waals surface area contributed by atoms with Gasteiger partial charge in [-0.05, 0) is 132 Å². The van der Waals surface area contributed by atoms with Crippen LogP contribution in [0, 0.1) is 11.7 Å². The average Bonchev–Trinajstić information content (AvgIpc) is 3.78. The molecule has 15 heteroatoms. The Morgan fingerprint density at radius 1 is 0.862 bits per heavy atom. The van der Waals surface area contributed by atoms with Gasteiger partial charge in [-0.15, -0.1) is 0 Å². The quantitative estimate of drug-likeness (QED) is 0.156. The van der Waals surface area contributed by atoms with E-state index in [-0.39, 0.29) is 55.0 Å². The molecule has 5 aliphatic heterocycles. The Labute approximate surface area is 379 Å². The number of pyridine rings is 1. The number of piperazine rings is 1. The van der Waals surface area contributed by atoms with Crippen LogP contribution in [0.5, 0.6) is 5.75 Å². The van der Waals surface area contributed by atoms with E-state index in [1.807, 2.05) is 6.20 Å². The van der Waals surface area contributed by atoms with Crippen LogP contribution in [0.25, 0.3) is 22.2 Å². The first-order valence-corrected chi connectivity index (χ1v) is 24.3. The predicted molar refractivity (Wildman–Crippen MR) is 243 cm³/mol. The van der Waals surface area contributed by atoms with Crippen LogP contribution in [0.3, 0.4) is 0 Å². The molecule has 0 radical (unpaired) electrons. The van der Waals surface area contributed by atoms with Gasteiger partial charge < -0.3 is 28.9 Å². The molecule has 65 heavy (non-hydrogen) atoms. The second-order valence-corrected chi connectivity index (χ2v) is 19.8. The van der Waals surface area contributed by atoms with Crippen LogP contribution in [0.1, 0.15) is 113 Å². The lowest BCUT2D eigenvalue weighted by molar-refractivity contribution is -0.136. The second-order valence-electron chi connectivity index (χ2n) is 19.8. The van der Waals surface area contributed by atoms with Crippen LogP contribution >= 0.6 is 0 Å². The molecule has 2 aromatic heterocycles. The molecule has 344 valence electrons. The van der Waals surface area contributed by atoms with Crippen molar-refractivity contribution < 1.29 is 33.0 Å². The molecule has 1 N–H and O–H groups in total. The van der Waals surface area contributed by atoms with Crippen molar-refractivity contribution >= 4 is 40.1 Å². The highest BCUT2D eigenvalue weighted by Gasteiger charge is 2.42. The highest BCUT2D eigenvalue weighted by atomic mass is 19.1. The van der Waals surface area contributed by atoms with E-state index >= 15 is 4.39 Å². The van der Waals surface area contributed by atoms with Crippen molar-refractivity contribution in [2.75, 3.05) is 62.2 Å². The molecule has 2 unspecified atom stereocenters. The zero-order valence-electron chi connectivity index (χ0n) is 37.5. The van der Waals surface area contributed by atoms with Gasteiger partial charge in [0.15, 0.2) is 12.0 Å². The number of ether oxygens (including phenoxy) is 3. The zero-order valence-corrected chi connectivity index (χ0v) is 37.5. The van der Waals surface area contributed by atoms with Crippen LogP contribution in [0.4, 0.5) is 15.9 Å². The van der Waals surface area contributed by atoms with Gasteiger partial charge in [0, 0.05) is 87.1 Å². The van der Waals surface area contributed by atoms with Gasteiger partial charge in [0.25, 0.3) is 5.91 Å². The number of aromatic nitrogens is 3. The largest absolute Gasteiger partial charge is 0.488 e. The van der Waals surface area contributed by atoms with Gasteiger partial charge in [-0.2, -0.15) is 5.10 Å². The molecular formula is C50H61FN8O6. The lowest BCUT2D eigenvalue weighted by Crippen LogP contribution is -2.52. The zero-order chi connectivity index (χ0) is 44.2. The third-order valence-electron chi connectivity index (χ3n) is 15.2. The Hall–Kier alpha value is -5.12. The fourth-order valence-electron chi connectivity index (χ4n) is 11.2. The van der Waals surface area contributed by atoms with E-state index in [0.717, 1.165) is 144 Å². The Morgan fingerprint density at radius 3 is 2.42 bits per heavy atom. The number of imide groups is 1. The molecule has 7 heterocycles. The third-order valence-corrected chi connectivity index (χ3v) is 15.2. The van der Waals surface area contributed by atoms with Gasteiger partial charge in [-0.3, -0.25) is 24.6 Å². The molecule has 3 amide bonds. The standard InChI is InChI=1S/C50H61FN8O6/c1-50(18-19-50)65-36-9-11-40-38(29-36)47(54-59(40)45-4-2-3-27-63-45)33-15-20-52-43(28-33)57-21-16-35(17-22-57)64-34-7-5-32(6-8-34)30-55-23-25-56(26-24-55)41-12-10-37-39(46(41)51)31-58(49(37)62)42-13-14-44(60)53-48(42)61/h9-12,15,20,28-29,32,34-35,42,45H,2-8,13-14,16-19,21-27,30-31H2,1H3,(H,53,60,61). The smallest absolute Gasteiger partial charge is 0.255 e. The van der Waals surface area contributed by atoms with Crippen molar-refractivity contribution in [3.8, 4) is 17.0 Å². The molecule has 4 aromatic rings. The number of hydrogen-bond donors (Lipinski definition) is 1. The van der Waals surface area contributed by atoms with Gasteiger partial charge in [0.2, 0.25) is 11.8 Å². The minimum atomic E-state index is -0.759. The highest BCUT2D eigenvalue weighted by molar-refractivity contribution is 6.05. The van der Waals surface area contributed by atoms with Crippen molar-refractivity contribution in [3.05, 3.63) is 65.6 Å². The summed E-state index contributed by atoms with van der Waals surface area (Å²) in [6, 6.07) is 13.3. The van der Waals surface area contributed by atoms with Crippen LogP contribution in [0.2, 0.25) is 0 Å². The van der Waals surface area contributed by atoms with Crippen LogP contribution in [-0.4, -0.2) is 119 Å². The van der Waals surface area contributed by atoms with Crippen molar-refractivity contribution in [3.63, 3.8) is 0 Å². The van der Waals surface area contributed by atoms with Gasteiger partial charge in [-0.25, -0.2) is 14.1 Å². The molecule has 14 nitrogen and oxygen atoms in total. The van der Waals surface area contributed by atoms with Crippen molar-refractivity contribution in [2.24, 2.45) is 5.92 Å². The number of anilines is 2. The summed E-state index contributed by atoms with van der Waals surface area (Å²) in [6.07, 6.45) is 14.6. The van der Waals surface area contributed by atoms with Crippen LogP contribution in [-0.2, 0) is 25.6 Å². The fraction of sp³-hybridized carbons (Fsp3) is 0.580. The molecule has 2 saturated carbocycles. The number of hydrogen-bond acceptors (Lipinski definition) is 11. The fourth-order valence-corrected chi connectivity index (χ4v) is 11.2. The minimum absolute atomic E-state index is 0.0399. The number of piperidine rings is 2. The van der Waals surface area contributed by atoms with E-state index in [1.54, 1.807) is 12.1 Å². The summed E-state index contributed by atoms with van der Waals surface area (Å²) in [5.41, 5.74) is 4.15. The van der Waals surface area contributed by atoms with Gasteiger partial charge >= 0.3 is 0 Å². The van der Waals surface area contributed by atoms with Gasteiger partial charge in [0.05, 0.1) is 30.0 Å². The van der Waals surface area contributed by atoms with Crippen LogP contribution in [0.15, 0.2) is 48.7 Å². The second kappa shape index (κ2) is 17.6. The predicted octanol–water partition coefficient (Wildman–Crippen LogP) is 7.00. The van der Waals surface area contributed by atoms with Crippen molar-refractivity contribution in [2.45, 2.75) is 127 Å². The molecule has 2 aliphatic carbocycles. The lowest BCUT2D eigenvalue weighted by Gasteiger charge is -2.40. The molecule has 6 fully saturated rings. The molecule has 0 bridgehead atoms. The van der Waals surface area contributed by atoms with Gasteiger partial charge in [-0.1, -0.05) is 0 Å². The SMILES string of the molecule is CC1(Oc2ccc3c(c2)c(-c2ccnc(N4CCC(OC5CCC(CN6CCN(c7ccc8c(c7F)CN(C7CCC(=O)NC7=O)C8=O)CC6)CC5)CC4)c2)nn3C2CCCCO2)CC1. The summed E-state index contributed by atoms with van der Waals surface area (Å²) in [7, 11) is 0. The van der Waals surface area contributed by atoms with Crippen molar-refractivity contribution in [1.29, 1.82) is 0 Å². The minimum Gasteiger partial charge on any atom is -0.488 e. The summed E-state index contributed by atoms with van der Waals surface area (Å²) in [4.78, 5) is 50.6. The number of benzene rings is 2. The van der Waals surface area contributed by atoms with E-state index < -0.39 is 11.9 Å². The monoisotopic (exact) mass is 888 g/mol. The number of amides is 3. The summed E-state index contributed by atoms with van der Waals surface area (Å²) < 4.78 is 37.5. The maximum atomic E-state index is 16.0. The van der Waals surface area contributed by atoms with E-state index in [2.05, 4.69) is 62.0 Å². The average molecular weight is 889 g/mol. The molecule has 0 spiro atoms. The Bertz CT molecular complexity index is 2440. The number of carbonyl (C=O) groups excluding carboxylic acids is 3. The lowest BCUT2D eigenvalue weighted by atomic mass is 9.86. The van der Waals surface area contributed by atoms with Crippen LogP contribution < -0.4 is 19.9 Å². The Morgan fingerprint density at radius 2 is 1.66 bits per heavy atom. The number of nitrogens with one attached hydrogen (secondary N) is 1. The molecule has 7 aliphatic rings. The highest BCUT2D eigenvalue weighted by Crippen LogP contribution is 2.42. The Balaban J connectivity index is 0.649. The van der Waals surface area contributed by atoms with E-state index in [9.17, 15) is 14.4 Å². The number of rotatable bonds is 11. The maximum absolute atomic E-state index is 16.0. The Kier molecular flexibility index (Phi) is 11.5. The molecular weight excluding hydrogens is 828 g/mol. The first-order valence-electron chi connectivity index (χ1n) is 24.3.